The normalized spacial score (nSPS) is 11.5. The maximum absolute atomic E-state index is 14.5. The largest absolute Gasteiger partial charge is 0.491 e. The summed E-state index contributed by atoms with van der Waals surface area (Å²) in [7, 11) is 1.30. The number of rotatable bonds is 21. The standard InChI is InChI=1S/C58H51N3O10/c1-38(2)71-54-36-44(51(62)33-39-21-25-43(26-22-39)57(67)70-3)27-28-45(54)35-52(63)41-23-19-40(20-24-41)34-53(64)50(59-56(66)42-29-31-49(32-30-42)61(68)69)37-55(65)60-58(46-13-7-4-8-14-46,47-15-9-5-10-16-47)48-17-11-6-12-18-48/h4-32,36,38,50H,33-35,37H2,1-3H3,(H,59,66)(H,60,65)/t50-/m0/s1. The molecule has 13 nitrogen and oxygen atoms in total. The van der Waals surface area contributed by atoms with E-state index in [1.165, 1.54) is 31.4 Å². The van der Waals surface area contributed by atoms with E-state index in [-0.39, 0.29) is 48.2 Å². The maximum atomic E-state index is 14.5. The molecule has 0 aliphatic rings. The highest BCUT2D eigenvalue weighted by Gasteiger charge is 2.39. The van der Waals surface area contributed by atoms with Crippen LogP contribution in [0.15, 0.2) is 182 Å². The van der Waals surface area contributed by atoms with E-state index in [0.29, 0.717) is 39.1 Å². The Morgan fingerprint density at radius 2 is 1.06 bits per heavy atom. The predicted molar refractivity (Wildman–Crippen MR) is 268 cm³/mol. The lowest BCUT2D eigenvalue weighted by Gasteiger charge is -2.37. The number of nitrogens with one attached hydrogen (secondary N) is 2. The highest BCUT2D eigenvalue weighted by atomic mass is 16.6. The van der Waals surface area contributed by atoms with Crippen LogP contribution >= 0.6 is 0 Å². The highest BCUT2D eigenvalue weighted by molar-refractivity contribution is 6.01. The van der Waals surface area contributed by atoms with Gasteiger partial charge < -0.3 is 20.1 Å². The van der Waals surface area contributed by atoms with Crippen LogP contribution in [-0.2, 0) is 39.1 Å². The summed E-state index contributed by atoms with van der Waals surface area (Å²) >= 11 is 0. The third-order valence-electron chi connectivity index (χ3n) is 11.9. The molecule has 7 aromatic carbocycles. The summed E-state index contributed by atoms with van der Waals surface area (Å²) in [6.45, 7) is 3.68. The molecule has 1 atom stereocenters. The summed E-state index contributed by atoms with van der Waals surface area (Å²) in [5.41, 5.74) is 3.81. The van der Waals surface area contributed by atoms with Crippen molar-refractivity contribution in [1.82, 2.24) is 10.6 Å². The summed E-state index contributed by atoms with van der Waals surface area (Å²) in [6.07, 6.45) is -0.910. The number of hydrogen-bond acceptors (Lipinski definition) is 10. The predicted octanol–water partition coefficient (Wildman–Crippen LogP) is 9.43. The molecule has 0 aliphatic carbocycles. The summed E-state index contributed by atoms with van der Waals surface area (Å²) < 4.78 is 10.8. The van der Waals surface area contributed by atoms with Gasteiger partial charge in [-0.1, -0.05) is 140 Å². The van der Waals surface area contributed by atoms with E-state index in [2.05, 4.69) is 10.6 Å². The second kappa shape index (κ2) is 23.0. The SMILES string of the molecule is COC(=O)c1ccc(CC(=O)c2ccc(CC(=O)c3ccc(CC(=O)[C@H](CC(=O)NC(c4ccccc4)(c4ccccc4)c4ccccc4)NC(=O)c4ccc([N+](=O)[O-])cc4)cc3)c(OC(C)C)c2)cc1. The number of methoxy groups -OCH3 is 1. The molecule has 0 aliphatic heterocycles. The number of carbonyl (C=O) groups is 6. The minimum absolute atomic E-state index is 0.0495. The molecule has 0 unspecified atom stereocenters. The molecule has 0 radical (unpaired) electrons. The van der Waals surface area contributed by atoms with Crippen LogP contribution in [0.1, 0.15) is 95.1 Å². The van der Waals surface area contributed by atoms with Crippen LogP contribution in [0.25, 0.3) is 0 Å². The number of nitro groups is 1. The number of ether oxygens (including phenoxy) is 2. The number of carbonyl (C=O) groups excluding carboxylic acids is 6. The van der Waals surface area contributed by atoms with Crippen molar-refractivity contribution in [3.05, 3.63) is 248 Å². The Morgan fingerprint density at radius 3 is 1.56 bits per heavy atom. The van der Waals surface area contributed by atoms with E-state index in [1.807, 2.05) is 105 Å². The monoisotopic (exact) mass is 949 g/mol. The van der Waals surface area contributed by atoms with Gasteiger partial charge >= 0.3 is 5.97 Å². The summed E-state index contributed by atoms with van der Waals surface area (Å²) in [5, 5.41) is 17.3. The zero-order valence-corrected chi connectivity index (χ0v) is 39.3. The van der Waals surface area contributed by atoms with E-state index in [0.717, 1.165) is 16.7 Å². The number of benzene rings is 7. The molecule has 2 N–H and O–H groups in total. The summed E-state index contributed by atoms with van der Waals surface area (Å²) in [6, 6.07) is 49.9. The molecule has 7 aromatic rings. The number of ketones is 3. The average molecular weight is 950 g/mol. The van der Waals surface area contributed by atoms with Crippen molar-refractivity contribution in [2.45, 2.75) is 57.2 Å². The van der Waals surface area contributed by atoms with Gasteiger partial charge in [0.15, 0.2) is 17.3 Å². The Morgan fingerprint density at radius 1 is 0.577 bits per heavy atom. The van der Waals surface area contributed by atoms with Crippen LogP contribution in [0.4, 0.5) is 5.69 Å². The van der Waals surface area contributed by atoms with Gasteiger partial charge in [-0.15, -0.1) is 0 Å². The molecule has 358 valence electrons. The molecule has 0 fully saturated rings. The molecule has 71 heavy (non-hydrogen) atoms. The van der Waals surface area contributed by atoms with Crippen molar-refractivity contribution in [3.63, 3.8) is 0 Å². The van der Waals surface area contributed by atoms with Crippen LogP contribution in [0.5, 0.6) is 5.75 Å². The van der Waals surface area contributed by atoms with Gasteiger partial charge in [0, 0.05) is 53.6 Å². The molecule has 0 saturated carbocycles. The van der Waals surface area contributed by atoms with Gasteiger partial charge in [0.1, 0.15) is 11.3 Å². The Bertz CT molecular complexity index is 2930. The van der Waals surface area contributed by atoms with Crippen molar-refractivity contribution < 1.29 is 43.2 Å². The van der Waals surface area contributed by atoms with E-state index in [4.69, 9.17) is 9.47 Å². The zero-order valence-electron chi connectivity index (χ0n) is 39.3. The van der Waals surface area contributed by atoms with Crippen molar-refractivity contribution in [2.24, 2.45) is 0 Å². The Hall–Kier alpha value is -8.84. The van der Waals surface area contributed by atoms with Crippen LogP contribution in [-0.4, -0.2) is 59.3 Å². The Balaban J connectivity index is 1.10. The molecule has 0 spiro atoms. The van der Waals surface area contributed by atoms with Crippen LogP contribution < -0.4 is 15.4 Å². The van der Waals surface area contributed by atoms with Gasteiger partial charge in [-0.3, -0.25) is 34.1 Å². The fourth-order valence-corrected chi connectivity index (χ4v) is 8.26. The molecular weight excluding hydrogens is 899 g/mol. The average Bonchev–Trinajstić information content (AvgIpc) is 3.39. The molecule has 0 bridgehead atoms. The molecule has 7 rings (SSSR count). The van der Waals surface area contributed by atoms with Crippen molar-refractivity contribution in [3.8, 4) is 5.75 Å². The second-order valence-electron chi connectivity index (χ2n) is 17.1. The molecular formula is C58H51N3O10. The molecule has 0 aromatic heterocycles. The zero-order chi connectivity index (χ0) is 50.5. The van der Waals surface area contributed by atoms with Gasteiger partial charge in [0.25, 0.3) is 11.6 Å². The van der Waals surface area contributed by atoms with E-state index < -0.39 is 46.5 Å². The van der Waals surface area contributed by atoms with Gasteiger partial charge in [0.2, 0.25) is 5.91 Å². The first-order valence-electron chi connectivity index (χ1n) is 22.9. The smallest absolute Gasteiger partial charge is 0.337 e. The number of amides is 2. The van der Waals surface area contributed by atoms with E-state index in [9.17, 15) is 38.9 Å². The number of Topliss-reactive ketones (excluding diaryl/α,β-unsaturated/α-hetero) is 3. The first-order chi connectivity index (χ1) is 34.2. The fourth-order valence-electron chi connectivity index (χ4n) is 8.26. The topological polar surface area (TPSA) is 188 Å². The fraction of sp³-hybridized carbons (Fsp3) is 0.172. The quantitative estimate of drug-likeness (QED) is 0.0231. The Labute approximate surface area is 411 Å². The Kier molecular flexibility index (Phi) is 16.2. The lowest BCUT2D eigenvalue weighted by atomic mass is 9.76. The van der Waals surface area contributed by atoms with E-state index >= 15 is 0 Å². The minimum Gasteiger partial charge on any atom is -0.491 e. The first-order valence-corrected chi connectivity index (χ1v) is 22.9. The molecule has 0 saturated heterocycles. The first kappa shape index (κ1) is 50.0. The maximum Gasteiger partial charge on any atom is 0.337 e. The molecule has 13 heteroatoms. The molecule has 0 heterocycles. The number of nitro benzene ring substituents is 1. The van der Waals surface area contributed by atoms with Gasteiger partial charge in [0.05, 0.1) is 36.2 Å². The number of hydrogen-bond donors (Lipinski definition) is 2. The number of nitrogens with zero attached hydrogens (tertiary/aromatic N) is 1. The van der Waals surface area contributed by atoms with E-state index in [1.54, 1.807) is 66.7 Å². The number of non-ortho nitro benzene ring substituents is 1. The van der Waals surface area contributed by atoms with Crippen molar-refractivity contribution in [2.75, 3.05) is 7.11 Å². The molecule has 2 amide bonds. The van der Waals surface area contributed by atoms with Crippen LogP contribution in [0, 0.1) is 10.1 Å². The van der Waals surface area contributed by atoms with Crippen molar-refractivity contribution >= 4 is 40.8 Å². The van der Waals surface area contributed by atoms with Crippen LogP contribution in [0.3, 0.4) is 0 Å². The minimum atomic E-state index is -1.35. The lowest BCUT2D eigenvalue weighted by Crippen LogP contribution is -2.51. The summed E-state index contributed by atoms with van der Waals surface area (Å²) in [4.78, 5) is 92.3. The van der Waals surface area contributed by atoms with Gasteiger partial charge in [-0.2, -0.15) is 0 Å². The van der Waals surface area contributed by atoms with Crippen LogP contribution in [0.2, 0.25) is 0 Å². The summed E-state index contributed by atoms with van der Waals surface area (Å²) in [5.74, 6) is -2.26. The second-order valence-corrected chi connectivity index (χ2v) is 17.1. The van der Waals surface area contributed by atoms with Gasteiger partial charge in [-0.25, -0.2) is 4.79 Å². The third-order valence-corrected chi connectivity index (χ3v) is 11.9. The highest BCUT2D eigenvalue weighted by Crippen LogP contribution is 2.37. The van der Waals surface area contributed by atoms with Gasteiger partial charge in [-0.05, 0) is 72.0 Å². The lowest BCUT2D eigenvalue weighted by molar-refractivity contribution is -0.384. The van der Waals surface area contributed by atoms with Crippen molar-refractivity contribution in [1.29, 1.82) is 0 Å². The third kappa shape index (κ3) is 12.4. The number of esters is 1.